The highest BCUT2D eigenvalue weighted by molar-refractivity contribution is 5.91. The first-order valence-corrected chi connectivity index (χ1v) is 5.96. The summed E-state index contributed by atoms with van der Waals surface area (Å²) in [6.07, 6.45) is 0.437. The van der Waals surface area contributed by atoms with Crippen LogP contribution in [0.25, 0.3) is 0 Å². The molecule has 0 unspecified atom stereocenters. The number of carbonyl (C=O) groups excluding carboxylic acids is 1. The summed E-state index contributed by atoms with van der Waals surface area (Å²) >= 11 is 0. The van der Waals surface area contributed by atoms with Crippen LogP contribution in [0.15, 0.2) is 18.2 Å². The number of ether oxygens (including phenoxy) is 2. The number of hydrogen-bond acceptors (Lipinski definition) is 4. The topological polar surface area (TPSA) is 59.6 Å². The number of hydrogen-bond donors (Lipinski definition) is 2. The van der Waals surface area contributed by atoms with Gasteiger partial charge in [0, 0.05) is 24.7 Å². The second kappa shape index (κ2) is 9.47. The lowest BCUT2D eigenvalue weighted by Crippen LogP contribution is -2.18. The molecule has 0 radical (unpaired) electrons. The maximum atomic E-state index is 11.6. The molecule has 0 fully saturated rings. The van der Waals surface area contributed by atoms with E-state index in [1.165, 1.54) is 0 Å². The van der Waals surface area contributed by atoms with Crippen LogP contribution in [-0.4, -0.2) is 33.2 Å². The van der Waals surface area contributed by atoms with Gasteiger partial charge in [0.05, 0.1) is 13.7 Å². The third kappa shape index (κ3) is 5.81. The number of amides is 1. The van der Waals surface area contributed by atoms with Crippen LogP contribution in [0, 0.1) is 0 Å². The molecule has 1 amide bonds. The van der Waals surface area contributed by atoms with E-state index in [1.54, 1.807) is 25.3 Å². The lowest BCUT2D eigenvalue weighted by atomic mass is 10.2. The molecule has 0 spiro atoms. The third-order valence-electron chi connectivity index (χ3n) is 2.35. The van der Waals surface area contributed by atoms with Crippen LogP contribution >= 0.6 is 12.4 Å². The number of rotatable bonds is 7. The largest absolute Gasteiger partial charge is 0.493 e. The highest BCUT2D eigenvalue weighted by Crippen LogP contribution is 2.30. The van der Waals surface area contributed by atoms with E-state index in [0.29, 0.717) is 36.8 Å². The van der Waals surface area contributed by atoms with Gasteiger partial charge in [-0.3, -0.25) is 4.79 Å². The average Bonchev–Trinajstić information content (AvgIpc) is 2.38. The van der Waals surface area contributed by atoms with E-state index >= 15 is 0 Å². The first-order chi connectivity index (χ1) is 8.71. The fourth-order valence-electron chi connectivity index (χ4n) is 1.48. The standard InChI is InChI=1S/C13H20N2O3.ClH/c1-4-18-11-6-5-10(9-12(11)17-3)15-13(16)7-8-14-2;/h5-6,9,14H,4,7-8H2,1-3H3,(H,15,16);1H. The molecule has 0 aliphatic heterocycles. The summed E-state index contributed by atoms with van der Waals surface area (Å²) in [5.41, 5.74) is 0.705. The second-order valence-electron chi connectivity index (χ2n) is 3.70. The predicted octanol–water partition coefficient (Wildman–Crippen LogP) is 2.06. The Morgan fingerprint density at radius 1 is 1.32 bits per heavy atom. The number of nitrogens with one attached hydrogen (secondary N) is 2. The van der Waals surface area contributed by atoms with Crippen LogP contribution < -0.4 is 20.1 Å². The van der Waals surface area contributed by atoms with Crippen molar-refractivity contribution in [2.75, 3.05) is 32.6 Å². The van der Waals surface area contributed by atoms with Crippen molar-refractivity contribution in [3.63, 3.8) is 0 Å². The first-order valence-electron chi connectivity index (χ1n) is 5.96. The minimum Gasteiger partial charge on any atom is -0.493 e. The zero-order chi connectivity index (χ0) is 13.4. The molecule has 108 valence electrons. The molecular formula is C13H21ClN2O3. The molecule has 6 heteroatoms. The summed E-state index contributed by atoms with van der Waals surface area (Å²) in [5.74, 6) is 1.26. The lowest BCUT2D eigenvalue weighted by Gasteiger charge is -2.11. The first kappa shape index (κ1) is 17.5. The summed E-state index contributed by atoms with van der Waals surface area (Å²) in [4.78, 5) is 11.6. The molecule has 0 atom stereocenters. The van der Waals surface area contributed by atoms with Crippen molar-refractivity contribution in [3.8, 4) is 11.5 Å². The third-order valence-corrected chi connectivity index (χ3v) is 2.35. The van der Waals surface area contributed by atoms with E-state index in [4.69, 9.17) is 9.47 Å². The van der Waals surface area contributed by atoms with Gasteiger partial charge in [-0.1, -0.05) is 0 Å². The Morgan fingerprint density at radius 2 is 2.05 bits per heavy atom. The van der Waals surface area contributed by atoms with Gasteiger partial charge in [-0.25, -0.2) is 0 Å². The van der Waals surface area contributed by atoms with Crippen LogP contribution in [0.5, 0.6) is 11.5 Å². The Balaban J connectivity index is 0.00000324. The highest BCUT2D eigenvalue weighted by Gasteiger charge is 2.07. The molecule has 0 aliphatic carbocycles. The van der Waals surface area contributed by atoms with E-state index in [-0.39, 0.29) is 18.3 Å². The molecule has 1 rings (SSSR count). The zero-order valence-electron chi connectivity index (χ0n) is 11.5. The van der Waals surface area contributed by atoms with Gasteiger partial charge < -0.3 is 20.1 Å². The molecule has 2 N–H and O–H groups in total. The summed E-state index contributed by atoms with van der Waals surface area (Å²) < 4.78 is 10.6. The molecule has 0 aliphatic rings. The van der Waals surface area contributed by atoms with Gasteiger partial charge in [-0.2, -0.15) is 0 Å². The lowest BCUT2D eigenvalue weighted by molar-refractivity contribution is -0.116. The molecule has 5 nitrogen and oxygen atoms in total. The molecular weight excluding hydrogens is 268 g/mol. The van der Waals surface area contributed by atoms with Gasteiger partial charge in [-0.15, -0.1) is 12.4 Å². The van der Waals surface area contributed by atoms with Crippen molar-refractivity contribution in [1.82, 2.24) is 5.32 Å². The molecule has 0 heterocycles. The summed E-state index contributed by atoms with van der Waals surface area (Å²) in [5, 5.41) is 5.73. The smallest absolute Gasteiger partial charge is 0.225 e. The molecule has 0 aromatic heterocycles. The number of anilines is 1. The zero-order valence-corrected chi connectivity index (χ0v) is 12.3. The normalized spacial score (nSPS) is 9.42. The number of methoxy groups -OCH3 is 1. The summed E-state index contributed by atoms with van der Waals surface area (Å²) in [6.45, 7) is 3.14. The van der Waals surface area contributed by atoms with Crippen LogP contribution in [-0.2, 0) is 4.79 Å². The van der Waals surface area contributed by atoms with Crippen molar-refractivity contribution in [2.45, 2.75) is 13.3 Å². The van der Waals surface area contributed by atoms with Crippen LogP contribution in [0.4, 0.5) is 5.69 Å². The second-order valence-corrected chi connectivity index (χ2v) is 3.70. The molecule has 19 heavy (non-hydrogen) atoms. The van der Waals surface area contributed by atoms with E-state index in [1.807, 2.05) is 14.0 Å². The van der Waals surface area contributed by atoms with E-state index < -0.39 is 0 Å². The van der Waals surface area contributed by atoms with Gasteiger partial charge in [0.25, 0.3) is 0 Å². The number of carbonyl (C=O) groups is 1. The molecule has 1 aromatic rings. The Morgan fingerprint density at radius 3 is 2.63 bits per heavy atom. The average molecular weight is 289 g/mol. The molecule has 1 aromatic carbocycles. The molecule has 0 saturated carbocycles. The van der Waals surface area contributed by atoms with Crippen molar-refractivity contribution in [1.29, 1.82) is 0 Å². The number of halogens is 1. The predicted molar refractivity (Wildman–Crippen MR) is 78.6 cm³/mol. The molecule has 0 bridgehead atoms. The minimum atomic E-state index is -0.0319. The van der Waals surface area contributed by atoms with Crippen molar-refractivity contribution < 1.29 is 14.3 Å². The Bertz CT molecular complexity index is 399. The SMILES string of the molecule is CCOc1ccc(NC(=O)CCNC)cc1OC.Cl. The van der Waals surface area contributed by atoms with Crippen LogP contribution in [0.2, 0.25) is 0 Å². The van der Waals surface area contributed by atoms with Gasteiger partial charge in [0.15, 0.2) is 11.5 Å². The maximum absolute atomic E-state index is 11.6. The van der Waals surface area contributed by atoms with Gasteiger partial charge in [0.1, 0.15) is 0 Å². The minimum absolute atomic E-state index is 0. The van der Waals surface area contributed by atoms with E-state index in [9.17, 15) is 4.79 Å². The van der Waals surface area contributed by atoms with E-state index in [0.717, 1.165) is 0 Å². The quantitative estimate of drug-likeness (QED) is 0.806. The van der Waals surface area contributed by atoms with Crippen LogP contribution in [0.3, 0.4) is 0 Å². The Labute approximate surface area is 120 Å². The van der Waals surface area contributed by atoms with Crippen molar-refractivity contribution in [2.24, 2.45) is 0 Å². The van der Waals surface area contributed by atoms with Gasteiger partial charge >= 0.3 is 0 Å². The van der Waals surface area contributed by atoms with Crippen molar-refractivity contribution in [3.05, 3.63) is 18.2 Å². The van der Waals surface area contributed by atoms with Crippen molar-refractivity contribution >= 4 is 24.0 Å². The van der Waals surface area contributed by atoms with Gasteiger partial charge in [0.2, 0.25) is 5.91 Å². The monoisotopic (exact) mass is 288 g/mol. The van der Waals surface area contributed by atoms with Crippen LogP contribution in [0.1, 0.15) is 13.3 Å². The van der Waals surface area contributed by atoms with Gasteiger partial charge in [-0.05, 0) is 26.1 Å². The molecule has 0 saturated heterocycles. The fourth-order valence-corrected chi connectivity index (χ4v) is 1.48. The Hall–Kier alpha value is -1.46. The Kier molecular flexibility index (Phi) is 8.74. The summed E-state index contributed by atoms with van der Waals surface area (Å²) in [6, 6.07) is 5.34. The van der Waals surface area contributed by atoms with E-state index in [2.05, 4.69) is 10.6 Å². The maximum Gasteiger partial charge on any atom is 0.225 e. The highest BCUT2D eigenvalue weighted by atomic mass is 35.5. The fraction of sp³-hybridized carbons (Fsp3) is 0.462. The summed E-state index contributed by atoms with van der Waals surface area (Å²) in [7, 11) is 3.39. The number of benzene rings is 1.